The Bertz CT molecular complexity index is 634. The van der Waals surface area contributed by atoms with Gasteiger partial charge in [0.25, 0.3) is 5.91 Å². The number of rotatable bonds is 2. The van der Waals surface area contributed by atoms with Crippen molar-refractivity contribution in [1.82, 2.24) is 5.32 Å². The van der Waals surface area contributed by atoms with E-state index in [2.05, 4.69) is 10.6 Å². The predicted molar refractivity (Wildman–Crippen MR) is 81.0 cm³/mol. The van der Waals surface area contributed by atoms with Gasteiger partial charge in [0.15, 0.2) is 0 Å². The molecule has 1 heterocycles. The van der Waals surface area contributed by atoms with Crippen molar-refractivity contribution in [2.75, 3.05) is 24.3 Å². The number of hydrogen-bond acceptors (Lipinski definition) is 3. The lowest BCUT2D eigenvalue weighted by Gasteiger charge is -2.28. The zero-order chi connectivity index (χ0) is 14.1. The number of hydrogen-bond donors (Lipinski definition) is 2. The van der Waals surface area contributed by atoms with E-state index in [-0.39, 0.29) is 12.1 Å². The van der Waals surface area contributed by atoms with E-state index in [0.29, 0.717) is 5.56 Å². The zero-order valence-corrected chi connectivity index (χ0v) is 11.6. The molecule has 4 nitrogen and oxygen atoms in total. The van der Waals surface area contributed by atoms with Gasteiger partial charge in [-0.1, -0.05) is 24.3 Å². The molecule has 102 valence electrons. The zero-order valence-electron chi connectivity index (χ0n) is 11.6. The van der Waals surface area contributed by atoms with Crippen LogP contribution in [0.5, 0.6) is 0 Å². The fraction of sp³-hybridized carbons (Fsp3) is 0.188. The molecule has 2 N–H and O–H groups in total. The van der Waals surface area contributed by atoms with Crippen LogP contribution < -0.4 is 15.5 Å². The van der Waals surface area contributed by atoms with Gasteiger partial charge in [-0.15, -0.1) is 0 Å². The second-order valence-corrected chi connectivity index (χ2v) is 5.08. The third-order valence-corrected chi connectivity index (χ3v) is 3.49. The van der Waals surface area contributed by atoms with Gasteiger partial charge in [-0.25, -0.2) is 0 Å². The molecule has 0 fully saturated rings. The van der Waals surface area contributed by atoms with E-state index in [1.807, 2.05) is 67.5 Å². The number of nitrogens with one attached hydrogen (secondary N) is 2. The minimum absolute atomic E-state index is 0.0407. The Morgan fingerprint density at radius 2 is 1.65 bits per heavy atom. The van der Waals surface area contributed by atoms with Crippen LogP contribution in [0.15, 0.2) is 48.5 Å². The number of anilines is 2. The molecule has 0 saturated heterocycles. The largest absolute Gasteiger partial charge is 0.378 e. The Hall–Kier alpha value is -2.49. The molecule has 2 aromatic carbocycles. The Morgan fingerprint density at radius 1 is 0.950 bits per heavy atom. The molecule has 0 bridgehead atoms. The molecule has 20 heavy (non-hydrogen) atoms. The predicted octanol–water partition coefficient (Wildman–Crippen LogP) is 2.61. The van der Waals surface area contributed by atoms with Crippen molar-refractivity contribution in [3.05, 3.63) is 59.7 Å². The normalized spacial score (nSPS) is 16.9. The second kappa shape index (κ2) is 4.89. The summed E-state index contributed by atoms with van der Waals surface area (Å²) < 4.78 is 0. The van der Waals surface area contributed by atoms with Crippen molar-refractivity contribution < 1.29 is 4.79 Å². The average molecular weight is 267 g/mol. The van der Waals surface area contributed by atoms with Crippen molar-refractivity contribution in [1.29, 1.82) is 0 Å². The topological polar surface area (TPSA) is 44.4 Å². The van der Waals surface area contributed by atoms with E-state index in [0.717, 1.165) is 16.9 Å². The maximum Gasteiger partial charge on any atom is 0.255 e. The first-order chi connectivity index (χ1) is 9.65. The Kier molecular flexibility index (Phi) is 3.06. The van der Waals surface area contributed by atoms with E-state index < -0.39 is 0 Å². The van der Waals surface area contributed by atoms with Crippen LogP contribution in [-0.2, 0) is 0 Å². The Labute approximate surface area is 118 Å². The molecule has 0 unspecified atom stereocenters. The van der Waals surface area contributed by atoms with Crippen molar-refractivity contribution in [2.45, 2.75) is 6.17 Å². The maximum atomic E-state index is 12.1. The first-order valence-electron chi connectivity index (χ1n) is 6.59. The molecule has 0 spiro atoms. The smallest absolute Gasteiger partial charge is 0.255 e. The van der Waals surface area contributed by atoms with E-state index in [1.165, 1.54) is 0 Å². The maximum absolute atomic E-state index is 12.1. The van der Waals surface area contributed by atoms with Crippen LogP contribution in [-0.4, -0.2) is 20.0 Å². The molecular weight excluding hydrogens is 250 g/mol. The van der Waals surface area contributed by atoms with Crippen LogP contribution in [0.1, 0.15) is 22.1 Å². The van der Waals surface area contributed by atoms with Crippen LogP contribution in [0, 0.1) is 0 Å². The van der Waals surface area contributed by atoms with E-state index in [4.69, 9.17) is 0 Å². The van der Waals surface area contributed by atoms with Gasteiger partial charge in [0.1, 0.15) is 6.17 Å². The summed E-state index contributed by atoms with van der Waals surface area (Å²) in [6.45, 7) is 0. The molecule has 1 aliphatic rings. The highest BCUT2D eigenvalue weighted by atomic mass is 16.2. The lowest BCUT2D eigenvalue weighted by molar-refractivity contribution is 0.0935. The fourth-order valence-corrected chi connectivity index (χ4v) is 2.34. The summed E-state index contributed by atoms with van der Waals surface area (Å²) >= 11 is 0. The Balaban J connectivity index is 1.88. The standard InChI is InChI=1S/C16H17N3O/c1-19(2)12-9-7-11(8-10-12)15-17-14-6-4-3-5-13(14)16(20)18-15/h3-10,15,17H,1-2H3,(H,18,20)/t15-/m1/s1. The SMILES string of the molecule is CN(C)c1ccc([C@H]2NC(=O)c3ccccc3N2)cc1. The van der Waals surface area contributed by atoms with Crippen LogP contribution in [0.2, 0.25) is 0 Å². The third-order valence-electron chi connectivity index (χ3n) is 3.49. The third kappa shape index (κ3) is 2.20. The molecule has 1 atom stereocenters. The van der Waals surface area contributed by atoms with Crippen LogP contribution in [0.25, 0.3) is 0 Å². The van der Waals surface area contributed by atoms with Gasteiger partial charge in [0.05, 0.1) is 5.56 Å². The number of nitrogens with zero attached hydrogens (tertiary/aromatic N) is 1. The first kappa shape index (κ1) is 12.5. The van der Waals surface area contributed by atoms with Gasteiger partial charge >= 0.3 is 0 Å². The molecule has 3 rings (SSSR count). The quantitative estimate of drug-likeness (QED) is 0.879. The van der Waals surface area contributed by atoms with Gasteiger partial charge in [0, 0.05) is 25.5 Å². The number of amides is 1. The van der Waals surface area contributed by atoms with Crippen LogP contribution in [0.4, 0.5) is 11.4 Å². The Morgan fingerprint density at radius 3 is 2.35 bits per heavy atom. The first-order valence-corrected chi connectivity index (χ1v) is 6.59. The summed E-state index contributed by atoms with van der Waals surface area (Å²) in [6.07, 6.45) is -0.186. The monoisotopic (exact) mass is 267 g/mol. The molecule has 1 amide bonds. The van der Waals surface area contributed by atoms with Crippen molar-refractivity contribution >= 4 is 17.3 Å². The molecule has 0 aliphatic carbocycles. The molecule has 0 radical (unpaired) electrons. The molecule has 0 aromatic heterocycles. The minimum atomic E-state index is -0.186. The number of carbonyl (C=O) groups is 1. The summed E-state index contributed by atoms with van der Waals surface area (Å²) in [4.78, 5) is 14.1. The van der Waals surface area contributed by atoms with Crippen molar-refractivity contribution in [3.63, 3.8) is 0 Å². The summed E-state index contributed by atoms with van der Waals surface area (Å²) in [5.41, 5.74) is 3.74. The summed E-state index contributed by atoms with van der Waals surface area (Å²) in [5.74, 6) is -0.0407. The lowest BCUT2D eigenvalue weighted by atomic mass is 10.1. The number of benzene rings is 2. The van der Waals surface area contributed by atoms with Crippen molar-refractivity contribution in [2.24, 2.45) is 0 Å². The van der Waals surface area contributed by atoms with E-state index in [9.17, 15) is 4.79 Å². The molecule has 0 saturated carbocycles. The summed E-state index contributed by atoms with van der Waals surface area (Å²) in [5, 5.41) is 6.32. The number of fused-ring (bicyclic) bond motifs is 1. The van der Waals surface area contributed by atoms with Gasteiger partial charge < -0.3 is 15.5 Å². The van der Waals surface area contributed by atoms with E-state index >= 15 is 0 Å². The van der Waals surface area contributed by atoms with Gasteiger partial charge in [-0.3, -0.25) is 4.79 Å². The average Bonchev–Trinajstić information content (AvgIpc) is 2.47. The van der Waals surface area contributed by atoms with Gasteiger partial charge in [0.2, 0.25) is 0 Å². The van der Waals surface area contributed by atoms with Gasteiger partial charge in [-0.05, 0) is 29.8 Å². The summed E-state index contributed by atoms with van der Waals surface area (Å²) in [7, 11) is 4.01. The minimum Gasteiger partial charge on any atom is -0.378 e. The highest BCUT2D eigenvalue weighted by Gasteiger charge is 2.23. The highest BCUT2D eigenvalue weighted by Crippen LogP contribution is 2.27. The van der Waals surface area contributed by atoms with Crippen LogP contribution in [0.3, 0.4) is 0 Å². The highest BCUT2D eigenvalue weighted by molar-refractivity contribution is 6.01. The molecule has 1 aliphatic heterocycles. The van der Waals surface area contributed by atoms with Crippen molar-refractivity contribution in [3.8, 4) is 0 Å². The molecule has 4 heteroatoms. The van der Waals surface area contributed by atoms with Gasteiger partial charge in [-0.2, -0.15) is 0 Å². The lowest BCUT2D eigenvalue weighted by Crippen LogP contribution is -2.38. The number of para-hydroxylation sites is 1. The number of carbonyl (C=O) groups excluding carboxylic acids is 1. The second-order valence-electron chi connectivity index (χ2n) is 5.08. The summed E-state index contributed by atoms with van der Waals surface area (Å²) in [6, 6.07) is 15.7. The van der Waals surface area contributed by atoms with E-state index in [1.54, 1.807) is 0 Å². The van der Waals surface area contributed by atoms with Crippen LogP contribution >= 0.6 is 0 Å². The molecule has 2 aromatic rings. The fourth-order valence-electron chi connectivity index (χ4n) is 2.34. The molecular formula is C16H17N3O.